The molecule has 0 N–H and O–H groups in total. The second kappa shape index (κ2) is 10.8. The van der Waals surface area contributed by atoms with Gasteiger partial charge in [0.05, 0.1) is 0 Å². The number of benzene rings is 4. The summed E-state index contributed by atoms with van der Waals surface area (Å²) in [5, 5.41) is 0. The van der Waals surface area contributed by atoms with Crippen molar-refractivity contribution >= 4 is 11.6 Å². The molecule has 188 valence electrons. The van der Waals surface area contributed by atoms with Gasteiger partial charge in [-0.3, -0.25) is 9.59 Å². The first-order chi connectivity index (χ1) is 17.6. The van der Waals surface area contributed by atoms with Gasteiger partial charge in [0.2, 0.25) is 11.6 Å². The minimum Gasteiger partial charge on any atom is -0.480 e. The van der Waals surface area contributed by atoms with Crippen molar-refractivity contribution in [2.75, 3.05) is 0 Å². The van der Waals surface area contributed by atoms with Crippen LogP contribution < -0.4 is 9.47 Å². The van der Waals surface area contributed by atoms with Crippen LogP contribution in [0.1, 0.15) is 59.5 Å². The van der Waals surface area contributed by atoms with Crippen LogP contribution in [0.25, 0.3) is 0 Å². The molecule has 0 fully saturated rings. The summed E-state index contributed by atoms with van der Waals surface area (Å²) in [7, 11) is 0. The van der Waals surface area contributed by atoms with E-state index >= 15 is 0 Å². The van der Waals surface area contributed by atoms with Crippen molar-refractivity contribution in [3.05, 3.63) is 131 Å². The highest BCUT2D eigenvalue weighted by molar-refractivity contribution is 6.02. The molecular weight excluding hydrogens is 460 g/mol. The van der Waals surface area contributed by atoms with E-state index in [9.17, 15) is 9.59 Å². The first-order valence-electron chi connectivity index (χ1n) is 12.4. The van der Waals surface area contributed by atoms with Crippen LogP contribution in [0.2, 0.25) is 0 Å². The van der Waals surface area contributed by atoms with Gasteiger partial charge in [-0.2, -0.15) is 0 Å². The van der Waals surface area contributed by atoms with Crippen LogP contribution in [-0.2, 0) is 6.42 Å². The molecule has 0 saturated carbocycles. The molecule has 4 nitrogen and oxygen atoms in total. The fraction of sp³-hybridized carbons (Fsp3) is 0.212. The number of Topliss-reactive ketones (excluding diaryl/α,β-unsaturated/α-hetero) is 2. The predicted molar refractivity (Wildman–Crippen MR) is 147 cm³/mol. The molecule has 4 aromatic rings. The monoisotopic (exact) mass is 492 g/mol. The molecule has 4 heteroatoms. The second-order valence-electron chi connectivity index (χ2n) is 10.1. The average Bonchev–Trinajstić information content (AvgIpc) is 2.89. The van der Waals surface area contributed by atoms with Crippen molar-refractivity contribution < 1.29 is 19.1 Å². The fourth-order valence-corrected chi connectivity index (χ4v) is 4.14. The van der Waals surface area contributed by atoms with Crippen LogP contribution in [0.4, 0.5) is 0 Å². The van der Waals surface area contributed by atoms with Crippen LogP contribution >= 0.6 is 0 Å². The van der Waals surface area contributed by atoms with Gasteiger partial charge in [-0.1, -0.05) is 84.9 Å². The first-order valence-corrected chi connectivity index (χ1v) is 12.4. The van der Waals surface area contributed by atoms with Gasteiger partial charge >= 0.3 is 0 Å². The van der Waals surface area contributed by atoms with E-state index in [4.69, 9.17) is 9.47 Å². The number of ketones is 2. The Bertz CT molecular complexity index is 1230. The predicted octanol–water partition coefficient (Wildman–Crippen LogP) is 7.36. The maximum absolute atomic E-state index is 13.1. The molecule has 0 saturated heterocycles. The molecule has 4 aromatic carbocycles. The zero-order valence-corrected chi connectivity index (χ0v) is 21.7. The number of ether oxygens (including phenoxy) is 2. The summed E-state index contributed by atoms with van der Waals surface area (Å²) in [4.78, 5) is 26.1. The molecule has 0 radical (unpaired) electrons. The summed E-state index contributed by atoms with van der Waals surface area (Å²) in [5.74, 6) is 1.17. The smallest absolute Gasteiger partial charge is 0.205 e. The van der Waals surface area contributed by atoms with Crippen molar-refractivity contribution in [3.8, 4) is 11.5 Å². The van der Waals surface area contributed by atoms with E-state index in [1.165, 1.54) is 0 Å². The summed E-state index contributed by atoms with van der Waals surface area (Å²) < 4.78 is 11.9. The average molecular weight is 493 g/mol. The van der Waals surface area contributed by atoms with Crippen LogP contribution in [0.3, 0.4) is 0 Å². The zero-order valence-electron chi connectivity index (χ0n) is 21.7. The molecular formula is C33H32O4. The highest BCUT2D eigenvalue weighted by Gasteiger charge is 2.32. The van der Waals surface area contributed by atoms with Gasteiger partial charge in [0, 0.05) is 11.1 Å². The van der Waals surface area contributed by atoms with Gasteiger partial charge in [0.15, 0.2) is 11.2 Å². The number of hydrogen-bond acceptors (Lipinski definition) is 4. The lowest BCUT2D eigenvalue weighted by atomic mass is 9.93. The summed E-state index contributed by atoms with van der Waals surface area (Å²) in [5.41, 5.74) is 1.39. The lowest BCUT2D eigenvalue weighted by Gasteiger charge is -2.25. The van der Waals surface area contributed by atoms with Crippen LogP contribution in [-0.4, -0.2) is 22.8 Å². The SMILES string of the molecule is CC(C)(Oc1ccccc1)C(=O)c1ccc(Cc2ccc(C(=O)C(C)(C)Oc3ccccc3)cc2)cc1. The largest absolute Gasteiger partial charge is 0.480 e. The Balaban J connectivity index is 1.39. The van der Waals surface area contributed by atoms with E-state index in [1.807, 2.05) is 109 Å². The standard InChI is InChI=1S/C33H32O4/c1-32(2,36-28-11-7-5-8-12-28)30(34)26-19-15-24(16-20-26)23-25-17-21-27(22-18-25)31(35)33(3,4)37-29-13-9-6-10-14-29/h5-22H,23H2,1-4H3. The molecule has 4 rings (SSSR count). The normalized spacial score (nSPS) is 11.6. The fourth-order valence-electron chi connectivity index (χ4n) is 4.14. The first kappa shape index (κ1) is 25.9. The Kier molecular flexibility index (Phi) is 7.58. The molecule has 0 heterocycles. The third-order valence-electron chi connectivity index (χ3n) is 6.17. The number of para-hydroxylation sites is 2. The lowest BCUT2D eigenvalue weighted by Crippen LogP contribution is -2.38. The quantitative estimate of drug-likeness (QED) is 0.217. The Morgan fingerprint density at radius 1 is 0.514 bits per heavy atom. The van der Waals surface area contributed by atoms with Gasteiger partial charge in [0.25, 0.3) is 0 Å². The molecule has 0 bridgehead atoms. The molecule has 0 aliphatic heterocycles. The Morgan fingerprint density at radius 3 is 1.16 bits per heavy atom. The Labute approximate surface area is 218 Å². The van der Waals surface area contributed by atoms with Crippen molar-refractivity contribution in [1.82, 2.24) is 0 Å². The molecule has 0 spiro atoms. The van der Waals surface area contributed by atoms with Gasteiger partial charge in [0.1, 0.15) is 11.5 Å². The molecule has 0 amide bonds. The summed E-state index contributed by atoms with van der Waals surface area (Å²) in [6.07, 6.45) is 0.691. The number of carbonyl (C=O) groups excluding carboxylic acids is 2. The van der Waals surface area contributed by atoms with E-state index in [0.29, 0.717) is 29.0 Å². The van der Waals surface area contributed by atoms with Crippen molar-refractivity contribution in [3.63, 3.8) is 0 Å². The van der Waals surface area contributed by atoms with Gasteiger partial charge < -0.3 is 9.47 Å². The minimum absolute atomic E-state index is 0.0777. The molecule has 0 atom stereocenters. The van der Waals surface area contributed by atoms with E-state index in [0.717, 1.165) is 11.1 Å². The van der Waals surface area contributed by atoms with Crippen LogP contribution in [0.15, 0.2) is 109 Å². The van der Waals surface area contributed by atoms with Crippen molar-refractivity contribution in [1.29, 1.82) is 0 Å². The number of carbonyl (C=O) groups is 2. The van der Waals surface area contributed by atoms with Gasteiger partial charge in [-0.25, -0.2) is 0 Å². The van der Waals surface area contributed by atoms with Crippen LogP contribution in [0.5, 0.6) is 11.5 Å². The molecule has 0 aromatic heterocycles. The Hall–Kier alpha value is -4.18. The third-order valence-corrected chi connectivity index (χ3v) is 6.17. The highest BCUT2D eigenvalue weighted by atomic mass is 16.5. The van der Waals surface area contributed by atoms with Gasteiger partial charge in [-0.05, 0) is 69.5 Å². The molecule has 37 heavy (non-hydrogen) atoms. The second-order valence-corrected chi connectivity index (χ2v) is 10.1. The zero-order chi connectivity index (χ0) is 26.5. The maximum Gasteiger partial charge on any atom is 0.205 e. The lowest BCUT2D eigenvalue weighted by molar-refractivity contribution is 0.0582. The maximum atomic E-state index is 13.1. The minimum atomic E-state index is -0.983. The number of rotatable bonds is 10. The van der Waals surface area contributed by atoms with Crippen LogP contribution in [0, 0.1) is 0 Å². The molecule has 0 aliphatic rings. The Morgan fingerprint density at radius 2 is 0.838 bits per heavy atom. The topological polar surface area (TPSA) is 52.6 Å². The highest BCUT2D eigenvalue weighted by Crippen LogP contribution is 2.24. The summed E-state index contributed by atoms with van der Waals surface area (Å²) >= 11 is 0. The number of hydrogen-bond donors (Lipinski definition) is 0. The van der Waals surface area contributed by atoms with Crippen molar-refractivity contribution in [2.24, 2.45) is 0 Å². The van der Waals surface area contributed by atoms with E-state index in [2.05, 4.69) is 0 Å². The van der Waals surface area contributed by atoms with Gasteiger partial charge in [-0.15, -0.1) is 0 Å². The van der Waals surface area contributed by atoms with E-state index < -0.39 is 11.2 Å². The summed E-state index contributed by atoms with van der Waals surface area (Å²) in [6.45, 7) is 7.13. The molecule has 0 unspecified atom stereocenters. The molecule has 0 aliphatic carbocycles. The van der Waals surface area contributed by atoms with E-state index in [1.54, 1.807) is 27.7 Å². The third kappa shape index (κ3) is 6.53. The van der Waals surface area contributed by atoms with Crippen molar-refractivity contribution in [2.45, 2.75) is 45.3 Å². The summed E-state index contributed by atoms with van der Waals surface area (Å²) in [6, 6.07) is 33.9. The van der Waals surface area contributed by atoms with E-state index in [-0.39, 0.29) is 11.6 Å².